The zero-order valence-electron chi connectivity index (χ0n) is 17.4. The van der Waals surface area contributed by atoms with Crippen molar-refractivity contribution in [2.75, 3.05) is 26.2 Å². The minimum Gasteiger partial charge on any atom is -0.474 e. The second kappa shape index (κ2) is 9.55. The largest absolute Gasteiger partial charge is 0.474 e. The van der Waals surface area contributed by atoms with E-state index in [0.29, 0.717) is 37.7 Å². The first kappa shape index (κ1) is 21.4. The molecule has 0 saturated carbocycles. The number of nitrogens with zero attached hydrogens (tertiary/aromatic N) is 3. The normalized spacial score (nSPS) is 18.1. The number of nitrogens with one attached hydrogen (secondary N) is 1. The van der Waals surface area contributed by atoms with Gasteiger partial charge in [-0.3, -0.25) is 4.79 Å². The molecule has 0 radical (unpaired) electrons. The Morgan fingerprint density at radius 1 is 1.03 bits per heavy atom. The number of benzene rings is 1. The fourth-order valence-electron chi connectivity index (χ4n) is 3.90. The topological polar surface area (TPSA) is 76.6 Å². The highest BCUT2D eigenvalue weighted by molar-refractivity contribution is 5.94. The zero-order valence-corrected chi connectivity index (χ0v) is 17.4. The fraction of sp³-hybridized carbons (Fsp3) is 0.500. The molecule has 4 rings (SSSR count). The van der Waals surface area contributed by atoms with Gasteiger partial charge in [-0.2, -0.15) is 0 Å². The van der Waals surface area contributed by atoms with Gasteiger partial charge in [-0.05, 0) is 45.0 Å². The van der Waals surface area contributed by atoms with Crippen molar-refractivity contribution in [2.45, 2.75) is 44.8 Å². The third kappa shape index (κ3) is 5.10. The molecule has 0 bridgehead atoms. The third-order valence-corrected chi connectivity index (χ3v) is 5.73. The Bertz CT molecular complexity index is 929. The zero-order chi connectivity index (χ0) is 21.8. The maximum atomic E-state index is 13.9. The quantitative estimate of drug-likeness (QED) is 0.783. The summed E-state index contributed by atoms with van der Waals surface area (Å²) in [6.07, 6.45) is 4.48. The first-order valence-corrected chi connectivity index (χ1v) is 10.6. The van der Waals surface area contributed by atoms with Crippen LogP contribution in [0.15, 0.2) is 24.5 Å². The molecule has 2 aliphatic heterocycles. The summed E-state index contributed by atoms with van der Waals surface area (Å²) in [7, 11) is 0. The average molecular weight is 432 g/mol. The third-order valence-electron chi connectivity index (χ3n) is 5.73. The highest BCUT2D eigenvalue weighted by Crippen LogP contribution is 2.27. The van der Waals surface area contributed by atoms with Gasteiger partial charge in [-0.25, -0.2) is 18.7 Å². The Kier molecular flexibility index (Phi) is 6.60. The van der Waals surface area contributed by atoms with Crippen molar-refractivity contribution in [1.82, 2.24) is 20.2 Å². The standard InChI is InChI=1S/C22H26F2N4O3/c1-14-20(30-16-4-8-25-9-5-16)26-13-27-21(14)31-17-6-10-28(11-7-17)22(29)18-3-2-15(23)12-19(18)24/h2-3,12-13,16-17,25H,4-11H2,1H3. The van der Waals surface area contributed by atoms with Crippen molar-refractivity contribution in [3.05, 3.63) is 47.3 Å². The van der Waals surface area contributed by atoms with Crippen LogP contribution in [0.3, 0.4) is 0 Å². The number of carbonyl (C=O) groups is 1. The smallest absolute Gasteiger partial charge is 0.256 e. The molecule has 31 heavy (non-hydrogen) atoms. The van der Waals surface area contributed by atoms with Crippen LogP contribution in [0.5, 0.6) is 11.8 Å². The van der Waals surface area contributed by atoms with E-state index >= 15 is 0 Å². The Hall–Kier alpha value is -2.81. The van der Waals surface area contributed by atoms with Gasteiger partial charge in [0.1, 0.15) is 30.2 Å². The predicted octanol–water partition coefficient (Wildman–Crippen LogP) is 2.88. The molecular weight excluding hydrogens is 406 g/mol. The summed E-state index contributed by atoms with van der Waals surface area (Å²) in [5, 5.41) is 3.31. The van der Waals surface area contributed by atoms with Crippen molar-refractivity contribution < 1.29 is 23.0 Å². The summed E-state index contributed by atoms with van der Waals surface area (Å²) in [6.45, 7) is 4.57. The van der Waals surface area contributed by atoms with Crippen LogP contribution < -0.4 is 14.8 Å². The minimum absolute atomic E-state index is 0.118. The molecule has 2 saturated heterocycles. The molecule has 166 valence electrons. The molecular formula is C22H26F2N4O3. The van der Waals surface area contributed by atoms with Gasteiger partial charge in [0.25, 0.3) is 5.91 Å². The number of piperidine rings is 2. The Morgan fingerprint density at radius 3 is 2.26 bits per heavy atom. The van der Waals surface area contributed by atoms with Gasteiger partial charge in [0.15, 0.2) is 0 Å². The van der Waals surface area contributed by atoms with Crippen molar-refractivity contribution in [2.24, 2.45) is 0 Å². The molecule has 0 spiro atoms. The van der Waals surface area contributed by atoms with Crippen LogP contribution in [0.2, 0.25) is 0 Å². The van der Waals surface area contributed by atoms with E-state index in [2.05, 4.69) is 15.3 Å². The molecule has 2 aromatic rings. The van der Waals surface area contributed by atoms with E-state index in [-0.39, 0.29) is 17.8 Å². The van der Waals surface area contributed by atoms with Crippen LogP contribution in [-0.2, 0) is 0 Å². The average Bonchev–Trinajstić information content (AvgIpc) is 2.77. The van der Waals surface area contributed by atoms with Crippen LogP contribution in [0.1, 0.15) is 41.6 Å². The number of halogens is 2. The van der Waals surface area contributed by atoms with Crippen LogP contribution in [-0.4, -0.2) is 59.2 Å². The number of rotatable bonds is 5. The number of ether oxygens (including phenoxy) is 2. The highest BCUT2D eigenvalue weighted by atomic mass is 19.1. The Balaban J connectivity index is 1.34. The van der Waals surface area contributed by atoms with E-state index in [1.165, 1.54) is 12.4 Å². The van der Waals surface area contributed by atoms with E-state index in [4.69, 9.17) is 9.47 Å². The Labute approximate surface area is 179 Å². The van der Waals surface area contributed by atoms with Crippen molar-refractivity contribution >= 4 is 5.91 Å². The number of amides is 1. The van der Waals surface area contributed by atoms with Crippen LogP contribution in [0.4, 0.5) is 8.78 Å². The molecule has 0 atom stereocenters. The summed E-state index contributed by atoms with van der Waals surface area (Å²) in [5.41, 5.74) is 0.639. The first-order chi connectivity index (χ1) is 15.0. The maximum absolute atomic E-state index is 13.9. The van der Waals surface area contributed by atoms with E-state index in [1.807, 2.05) is 6.92 Å². The van der Waals surface area contributed by atoms with Gasteiger partial charge in [-0.15, -0.1) is 0 Å². The molecule has 1 amide bonds. The molecule has 2 aliphatic rings. The van der Waals surface area contributed by atoms with Gasteiger partial charge in [0, 0.05) is 32.0 Å². The number of carbonyl (C=O) groups excluding carboxylic acids is 1. The SMILES string of the molecule is Cc1c(OC2CCNCC2)ncnc1OC1CCN(C(=O)c2ccc(F)cc2F)CC1. The summed E-state index contributed by atoms with van der Waals surface area (Å²) < 4.78 is 39.2. The number of hydrogen-bond donors (Lipinski definition) is 1. The first-order valence-electron chi connectivity index (χ1n) is 10.6. The van der Waals surface area contributed by atoms with Gasteiger partial charge >= 0.3 is 0 Å². The molecule has 7 nitrogen and oxygen atoms in total. The van der Waals surface area contributed by atoms with E-state index < -0.39 is 17.5 Å². The van der Waals surface area contributed by atoms with Gasteiger partial charge < -0.3 is 19.7 Å². The van der Waals surface area contributed by atoms with Crippen LogP contribution in [0, 0.1) is 18.6 Å². The van der Waals surface area contributed by atoms with Crippen molar-refractivity contribution in [1.29, 1.82) is 0 Å². The molecule has 3 heterocycles. The lowest BCUT2D eigenvalue weighted by Crippen LogP contribution is -2.42. The van der Waals surface area contributed by atoms with Gasteiger partial charge in [0.05, 0.1) is 11.1 Å². The maximum Gasteiger partial charge on any atom is 0.256 e. The Morgan fingerprint density at radius 2 is 1.65 bits per heavy atom. The van der Waals surface area contributed by atoms with E-state index in [1.54, 1.807) is 4.90 Å². The number of aromatic nitrogens is 2. The summed E-state index contributed by atoms with van der Waals surface area (Å²) in [4.78, 5) is 22.6. The van der Waals surface area contributed by atoms with E-state index in [9.17, 15) is 13.6 Å². The second-order valence-electron chi connectivity index (χ2n) is 7.91. The molecule has 9 heteroatoms. The molecule has 1 N–H and O–H groups in total. The number of hydrogen-bond acceptors (Lipinski definition) is 6. The lowest BCUT2D eigenvalue weighted by Gasteiger charge is -2.32. The summed E-state index contributed by atoms with van der Waals surface area (Å²) in [6, 6.07) is 3.00. The van der Waals surface area contributed by atoms with Crippen molar-refractivity contribution in [3.8, 4) is 11.8 Å². The second-order valence-corrected chi connectivity index (χ2v) is 7.91. The fourth-order valence-corrected chi connectivity index (χ4v) is 3.90. The number of likely N-dealkylation sites (tertiary alicyclic amines) is 1. The van der Waals surface area contributed by atoms with Gasteiger partial charge in [0.2, 0.25) is 11.8 Å². The van der Waals surface area contributed by atoms with Crippen LogP contribution >= 0.6 is 0 Å². The van der Waals surface area contributed by atoms with E-state index in [0.717, 1.165) is 43.6 Å². The highest BCUT2D eigenvalue weighted by Gasteiger charge is 2.27. The van der Waals surface area contributed by atoms with Gasteiger partial charge in [-0.1, -0.05) is 0 Å². The molecule has 0 aliphatic carbocycles. The monoisotopic (exact) mass is 432 g/mol. The minimum atomic E-state index is -0.846. The summed E-state index contributed by atoms with van der Waals surface area (Å²) in [5.74, 6) is -0.970. The molecule has 2 fully saturated rings. The molecule has 1 aromatic heterocycles. The summed E-state index contributed by atoms with van der Waals surface area (Å²) >= 11 is 0. The van der Waals surface area contributed by atoms with Crippen molar-refractivity contribution in [3.63, 3.8) is 0 Å². The lowest BCUT2D eigenvalue weighted by atomic mass is 10.1. The molecule has 0 unspecified atom stereocenters. The lowest BCUT2D eigenvalue weighted by molar-refractivity contribution is 0.0580. The predicted molar refractivity (Wildman–Crippen MR) is 109 cm³/mol. The van der Waals surface area contributed by atoms with Crippen LogP contribution in [0.25, 0.3) is 0 Å². The molecule has 1 aromatic carbocycles.